The summed E-state index contributed by atoms with van der Waals surface area (Å²) in [5, 5.41) is 10.3. The largest absolute Gasteiger partial charge is 0.308 e. The molecule has 1 amide bonds. The molecule has 0 unspecified atom stereocenters. The molecule has 7 heteroatoms. The summed E-state index contributed by atoms with van der Waals surface area (Å²) < 4.78 is 2.02. The first-order valence-electron chi connectivity index (χ1n) is 11.2. The Bertz CT molecular complexity index is 1380. The van der Waals surface area contributed by atoms with Gasteiger partial charge in [0.15, 0.2) is 11.0 Å². The lowest BCUT2D eigenvalue weighted by Crippen LogP contribution is -2.37. The molecule has 5 rings (SSSR count). The molecule has 5 nitrogen and oxygen atoms in total. The van der Waals surface area contributed by atoms with Crippen LogP contribution in [0.1, 0.15) is 23.6 Å². The van der Waals surface area contributed by atoms with Gasteiger partial charge in [-0.05, 0) is 68.1 Å². The molecule has 0 aliphatic carbocycles. The van der Waals surface area contributed by atoms with Gasteiger partial charge in [0, 0.05) is 17.3 Å². The zero-order valence-corrected chi connectivity index (χ0v) is 20.9. The number of amides is 1. The smallest absolute Gasteiger partial charge is 0.237 e. The standard InChI is InChI=1S/C27H25ClN4OS/c1-17-12-13-18(2)24(14-17)32-26(21-9-5-6-10-22(21)28)29-30-27(32)34-16-25(33)31-19(3)15-20-8-4-7-11-23(20)31/h4-14,19H,15-16H2,1-3H3/t19-/m0/s1. The van der Waals surface area contributed by atoms with E-state index in [1.54, 1.807) is 0 Å². The van der Waals surface area contributed by atoms with E-state index in [2.05, 4.69) is 55.2 Å². The first-order chi connectivity index (χ1) is 16.4. The minimum atomic E-state index is 0.0669. The van der Waals surface area contributed by atoms with Crippen LogP contribution in [0, 0.1) is 13.8 Å². The highest BCUT2D eigenvalue weighted by Crippen LogP contribution is 2.35. The highest BCUT2D eigenvalue weighted by Gasteiger charge is 2.31. The number of para-hydroxylation sites is 1. The molecule has 0 radical (unpaired) electrons. The molecule has 0 saturated carbocycles. The lowest BCUT2D eigenvalue weighted by atomic mass is 10.1. The monoisotopic (exact) mass is 488 g/mol. The predicted molar refractivity (Wildman–Crippen MR) is 139 cm³/mol. The van der Waals surface area contributed by atoms with Gasteiger partial charge < -0.3 is 4.90 Å². The van der Waals surface area contributed by atoms with Crippen LogP contribution in [0.2, 0.25) is 5.02 Å². The molecule has 0 fully saturated rings. The second-order valence-electron chi connectivity index (χ2n) is 8.65. The van der Waals surface area contributed by atoms with Crippen LogP contribution >= 0.6 is 23.4 Å². The fourth-order valence-corrected chi connectivity index (χ4v) is 5.52. The zero-order chi connectivity index (χ0) is 23.8. The summed E-state index contributed by atoms with van der Waals surface area (Å²) in [5.41, 5.74) is 6.23. The molecule has 2 heterocycles. The molecule has 34 heavy (non-hydrogen) atoms. The first kappa shape index (κ1) is 22.7. The van der Waals surface area contributed by atoms with Gasteiger partial charge in [-0.3, -0.25) is 9.36 Å². The maximum atomic E-state index is 13.3. The molecule has 172 valence electrons. The third kappa shape index (κ3) is 4.12. The van der Waals surface area contributed by atoms with Gasteiger partial charge >= 0.3 is 0 Å². The number of hydrogen-bond acceptors (Lipinski definition) is 4. The van der Waals surface area contributed by atoms with E-state index in [0.29, 0.717) is 16.0 Å². The highest BCUT2D eigenvalue weighted by atomic mass is 35.5. The van der Waals surface area contributed by atoms with Crippen LogP contribution in [0.25, 0.3) is 17.1 Å². The van der Waals surface area contributed by atoms with E-state index >= 15 is 0 Å². The zero-order valence-electron chi connectivity index (χ0n) is 19.3. The Morgan fingerprint density at radius 2 is 1.79 bits per heavy atom. The molecule has 4 aromatic rings. The van der Waals surface area contributed by atoms with Crippen molar-refractivity contribution in [2.75, 3.05) is 10.7 Å². The van der Waals surface area contributed by atoms with E-state index in [0.717, 1.165) is 34.5 Å². The van der Waals surface area contributed by atoms with Crippen molar-refractivity contribution in [1.29, 1.82) is 0 Å². The summed E-state index contributed by atoms with van der Waals surface area (Å²) >= 11 is 7.93. The average Bonchev–Trinajstić information content (AvgIpc) is 3.39. The molecule has 0 bridgehead atoms. The number of anilines is 1. The van der Waals surface area contributed by atoms with Crippen molar-refractivity contribution >= 4 is 35.0 Å². The third-order valence-electron chi connectivity index (χ3n) is 6.15. The Kier molecular flexibility index (Phi) is 6.19. The van der Waals surface area contributed by atoms with Gasteiger partial charge in [0.25, 0.3) is 0 Å². The molecule has 0 saturated heterocycles. The number of carbonyl (C=O) groups excluding carboxylic acids is 1. The Morgan fingerprint density at radius 1 is 1.03 bits per heavy atom. The molecular formula is C27H25ClN4OS. The molecule has 1 aliphatic heterocycles. The lowest BCUT2D eigenvalue weighted by molar-refractivity contribution is -0.116. The summed E-state index contributed by atoms with van der Waals surface area (Å²) in [6.45, 7) is 6.22. The van der Waals surface area contributed by atoms with Crippen LogP contribution < -0.4 is 4.90 Å². The Hall–Kier alpha value is -3.09. The van der Waals surface area contributed by atoms with Crippen LogP contribution in [0.4, 0.5) is 5.69 Å². The summed E-state index contributed by atoms with van der Waals surface area (Å²) in [6, 6.07) is 22.2. The molecule has 0 N–H and O–H groups in total. The Balaban J connectivity index is 1.51. The van der Waals surface area contributed by atoms with Crippen molar-refractivity contribution in [2.24, 2.45) is 0 Å². The minimum Gasteiger partial charge on any atom is -0.308 e. The minimum absolute atomic E-state index is 0.0669. The quantitative estimate of drug-likeness (QED) is 0.310. The Morgan fingerprint density at radius 3 is 2.62 bits per heavy atom. The number of aryl methyl sites for hydroxylation is 2. The van der Waals surface area contributed by atoms with Crippen molar-refractivity contribution < 1.29 is 4.79 Å². The van der Waals surface area contributed by atoms with E-state index in [1.807, 2.05) is 51.9 Å². The van der Waals surface area contributed by atoms with Gasteiger partial charge in [0.05, 0.1) is 16.5 Å². The maximum Gasteiger partial charge on any atom is 0.237 e. The number of halogens is 1. The van der Waals surface area contributed by atoms with E-state index in [9.17, 15) is 4.79 Å². The van der Waals surface area contributed by atoms with Crippen LogP contribution in [-0.2, 0) is 11.2 Å². The maximum absolute atomic E-state index is 13.3. The molecule has 1 aromatic heterocycles. The van der Waals surface area contributed by atoms with Crippen LogP contribution in [-0.4, -0.2) is 32.5 Å². The molecule has 1 aliphatic rings. The molecule has 0 spiro atoms. The van der Waals surface area contributed by atoms with E-state index in [-0.39, 0.29) is 17.7 Å². The van der Waals surface area contributed by atoms with Gasteiger partial charge in [-0.2, -0.15) is 0 Å². The van der Waals surface area contributed by atoms with Gasteiger partial charge in [-0.1, -0.05) is 65.8 Å². The van der Waals surface area contributed by atoms with Gasteiger partial charge in [0.2, 0.25) is 5.91 Å². The van der Waals surface area contributed by atoms with Gasteiger partial charge in [0.1, 0.15) is 0 Å². The van der Waals surface area contributed by atoms with Gasteiger partial charge in [-0.25, -0.2) is 0 Å². The number of carbonyl (C=O) groups is 1. The molecule has 1 atom stereocenters. The fraction of sp³-hybridized carbons (Fsp3) is 0.222. The van der Waals surface area contributed by atoms with Crippen LogP contribution in [0.5, 0.6) is 0 Å². The normalized spacial score (nSPS) is 14.9. The third-order valence-corrected chi connectivity index (χ3v) is 7.40. The van der Waals surface area contributed by atoms with Crippen LogP contribution in [0.15, 0.2) is 71.9 Å². The number of aromatic nitrogens is 3. The van der Waals surface area contributed by atoms with Gasteiger partial charge in [-0.15, -0.1) is 10.2 Å². The van der Waals surface area contributed by atoms with Crippen molar-refractivity contribution in [3.8, 4) is 17.1 Å². The van der Waals surface area contributed by atoms with E-state index in [4.69, 9.17) is 11.6 Å². The average molecular weight is 489 g/mol. The second kappa shape index (κ2) is 9.28. The van der Waals surface area contributed by atoms with Crippen molar-refractivity contribution in [3.63, 3.8) is 0 Å². The topological polar surface area (TPSA) is 51.0 Å². The fourth-order valence-electron chi connectivity index (χ4n) is 4.50. The molecular weight excluding hydrogens is 464 g/mol. The number of hydrogen-bond donors (Lipinski definition) is 0. The SMILES string of the molecule is Cc1ccc(C)c(-n2c(SCC(=O)N3c4ccccc4C[C@@H]3C)nnc2-c2ccccc2Cl)c1. The number of benzene rings is 3. The number of thioether (sulfide) groups is 1. The van der Waals surface area contributed by atoms with Crippen molar-refractivity contribution in [1.82, 2.24) is 14.8 Å². The highest BCUT2D eigenvalue weighted by molar-refractivity contribution is 7.99. The first-order valence-corrected chi connectivity index (χ1v) is 12.6. The Labute approximate surface area is 208 Å². The second-order valence-corrected chi connectivity index (χ2v) is 10.00. The molecule has 3 aromatic carbocycles. The number of rotatable bonds is 5. The van der Waals surface area contributed by atoms with Crippen molar-refractivity contribution in [3.05, 3.63) is 88.4 Å². The van der Waals surface area contributed by atoms with Crippen LogP contribution in [0.3, 0.4) is 0 Å². The summed E-state index contributed by atoms with van der Waals surface area (Å²) in [6.07, 6.45) is 0.877. The summed E-state index contributed by atoms with van der Waals surface area (Å²) in [7, 11) is 0. The lowest BCUT2D eigenvalue weighted by Gasteiger charge is -2.22. The summed E-state index contributed by atoms with van der Waals surface area (Å²) in [5.74, 6) is 0.996. The van der Waals surface area contributed by atoms with E-state index < -0.39 is 0 Å². The van der Waals surface area contributed by atoms with Crippen molar-refractivity contribution in [2.45, 2.75) is 38.4 Å². The summed E-state index contributed by atoms with van der Waals surface area (Å²) in [4.78, 5) is 15.2. The number of nitrogens with zero attached hydrogens (tertiary/aromatic N) is 4. The number of fused-ring (bicyclic) bond motifs is 1. The van der Waals surface area contributed by atoms with E-state index in [1.165, 1.54) is 17.3 Å². The predicted octanol–water partition coefficient (Wildman–Crippen LogP) is 6.27.